The predicted octanol–water partition coefficient (Wildman–Crippen LogP) is 3.71. The van der Waals surface area contributed by atoms with Gasteiger partial charge in [0.2, 0.25) is 0 Å². The van der Waals surface area contributed by atoms with Crippen LogP contribution in [0.25, 0.3) is 11.2 Å². The molecule has 1 aliphatic rings. The summed E-state index contributed by atoms with van der Waals surface area (Å²) in [4.78, 5) is 3.29. The summed E-state index contributed by atoms with van der Waals surface area (Å²) in [5.74, 6) is 0.955. The maximum atomic E-state index is 5.44. The molecule has 0 bridgehead atoms. The molecule has 2 heterocycles. The number of imidazole rings is 1. The van der Waals surface area contributed by atoms with E-state index in [2.05, 4.69) is 14.6 Å². The van der Waals surface area contributed by atoms with E-state index >= 15 is 0 Å². The number of aryl methyl sites for hydroxylation is 3. The number of aromatic nitrogens is 4. The first kappa shape index (κ1) is 12.9. The second-order valence-corrected chi connectivity index (χ2v) is 6.17. The molecule has 5 heteroatoms. The molecule has 0 aromatic carbocycles. The SMILES string of the molecule is Cc1nn(C)c2c1[nH]c(=S)n2CCCC1CCCC1. The number of nitrogens with zero attached hydrogens (tertiary/aromatic N) is 3. The van der Waals surface area contributed by atoms with Crippen LogP contribution >= 0.6 is 12.2 Å². The van der Waals surface area contributed by atoms with Crippen LogP contribution < -0.4 is 0 Å². The summed E-state index contributed by atoms with van der Waals surface area (Å²) in [5.41, 5.74) is 3.25. The van der Waals surface area contributed by atoms with Crippen LogP contribution in [-0.4, -0.2) is 19.3 Å². The Hall–Kier alpha value is -1.10. The van der Waals surface area contributed by atoms with Gasteiger partial charge < -0.3 is 9.55 Å². The third-order valence-corrected chi connectivity index (χ3v) is 4.72. The van der Waals surface area contributed by atoms with Crippen LogP contribution in [0.15, 0.2) is 0 Å². The molecule has 3 rings (SSSR count). The summed E-state index contributed by atoms with van der Waals surface area (Å²) >= 11 is 5.44. The van der Waals surface area contributed by atoms with Gasteiger partial charge in [-0.15, -0.1) is 0 Å². The van der Waals surface area contributed by atoms with Gasteiger partial charge in [0.1, 0.15) is 5.52 Å². The molecule has 0 saturated heterocycles. The van der Waals surface area contributed by atoms with E-state index in [1.807, 2.05) is 18.7 Å². The largest absolute Gasteiger partial charge is 0.328 e. The van der Waals surface area contributed by atoms with E-state index < -0.39 is 0 Å². The molecule has 0 amide bonds. The Kier molecular flexibility index (Phi) is 3.48. The van der Waals surface area contributed by atoms with E-state index in [1.54, 1.807) is 0 Å². The maximum Gasteiger partial charge on any atom is 0.179 e. The molecule has 19 heavy (non-hydrogen) atoms. The first-order valence-electron chi connectivity index (χ1n) is 7.29. The first-order chi connectivity index (χ1) is 9.16. The lowest BCUT2D eigenvalue weighted by Gasteiger charge is -2.09. The highest BCUT2D eigenvalue weighted by atomic mass is 32.1. The highest BCUT2D eigenvalue weighted by molar-refractivity contribution is 7.71. The zero-order valence-corrected chi connectivity index (χ0v) is 12.6. The van der Waals surface area contributed by atoms with Gasteiger partial charge in [0.05, 0.1) is 5.69 Å². The van der Waals surface area contributed by atoms with Crippen molar-refractivity contribution in [2.24, 2.45) is 13.0 Å². The lowest BCUT2D eigenvalue weighted by Crippen LogP contribution is -2.05. The van der Waals surface area contributed by atoms with Crippen molar-refractivity contribution in [3.8, 4) is 0 Å². The summed E-state index contributed by atoms with van der Waals surface area (Å²) in [7, 11) is 1.99. The maximum absolute atomic E-state index is 5.44. The van der Waals surface area contributed by atoms with Crippen LogP contribution in [0.3, 0.4) is 0 Å². The van der Waals surface area contributed by atoms with E-state index in [4.69, 9.17) is 12.2 Å². The first-order valence-corrected chi connectivity index (χ1v) is 7.69. The summed E-state index contributed by atoms with van der Waals surface area (Å²) in [6.45, 7) is 3.03. The van der Waals surface area contributed by atoms with Crippen molar-refractivity contribution in [1.29, 1.82) is 0 Å². The molecule has 104 valence electrons. The average Bonchev–Trinajstić information content (AvgIpc) is 3.03. The fourth-order valence-corrected chi connectivity index (χ4v) is 3.70. The molecule has 2 aromatic rings. The number of nitrogens with one attached hydrogen (secondary N) is 1. The van der Waals surface area contributed by atoms with E-state index in [-0.39, 0.29) is 0 Å². The van der Waals surface area contributed by atoms with Gasteiger partial charge in [-0.25, -0.2) is 0 Å². The normalized spacial score (nSPS) is 16.7. The predicted molar refractivity (Wildman–Crippen MR) is 79.8 cm³/mol. The third-order valence-electron chi connectivity index (χ3n) is 4.39. The Balaban J connectivity index is 1.76. The Morgan fingerprint density at radius 1 is 1.37 bits per heavy atom. The number of aromatic amines is 1. The van der Waals surface area contributed by atoms with Crippen LogP contribution in [-0.2, 0) is 13.6 Å². The zero-order valence-electron chi connectivity index (χ0n) is 11.8. The van der Waals surface area contributed by atoms with E-state index in [0.29, 0.717) is 0 Å². The number of hydrogen-bond donors (Lipinski definition) is 1. The van der Waals surface area contributed by atoms with Gasteiger partial charge in [0.25, 0.3) is 0 Å². The van der Waals surface area contributed by atoms with Gasteiger partial charge in [-0.05, 0) is 37.9 Å². The van der Waals surface area contributed by atoms with E-state index in [0.717, 1.165) is 34.1 Å². The minimum absolute atomic E-state index is 0.831. The standard InChI is InChI=1S/C14H22N4S/c1-10-12-13(17(2)16-10)18(14(19)15-12)9-5-8-11-6-3-4-7-11/h11H,3-9H2,1-2H3,(H,15,19). The quantitative estimate of drug-likeness (QED) is 0.866. The van der Waals surface area contributed by atoms with Crippen molar-refractivity contribution in [3.63, 3.8) is 0 Å². The Labute approximate surface area is 118 Å². The number of fused-ring (bicyclic) bond motifs is 1. The molecule has 0 atom stereocenters. The van der Waals surface area contributed by atoms with Crippen LogP contribution in [0.2, 0.25) is 0 Å². The van der Waals surface area contributed by atoms with Gasteiger partial charge >= 0.3 is 0 Å². The molecule has 1 saturated carbocycles. The van der Waals surface area contributed by atoms with Crippen molar-refractivity contribution in [2.45, 2.75) is 52.0 Å². The molecule has 0 radical (unpaired) electrons. The molecular formula is C14H22N4S. The van der Waals surface area contributed by atoms with E-state index in [1.165, 1.54) is 38.5 Å². The smallest absolute Gasteiger partial charge is 0.179 e. The van der Waals surface area contributed by atoms with Crippen LogP contribution in [0.4, 0.5) is 0 Å². The monoisotopic (exact) mass is 278 g/mol. The van der Waals surface area contributed by atoms with Gasteiger partial charge in [-0.1, -0.05) is 25.7 Å². The van der Waals surface area contributed by atoms with Crippen molar-refractivity contribution in [2.75, 3.05) is 0 Å². The lowest BCUT2D eigenvalue weighted by atomic mass is 10.0. The molecule has 1 fully saturated rings. The number of hydrogen-bond acceptors (Lipinski definition) is 2. The highest BCUT2D eigenvalue weighted by Gasteiger charge is 2.16. The molecular weight excluding hydrogens is 256 g/mol. The molecule has 0 aliphatic heterocycles. The molecule has 4 nitrogen and oxygen atoms in total. The van der Waals surface area contributed by atoms with Gasteiger partial charge in [-0.2, -0.15) is 5.10 Å². The third kappa shape index (κ3) is 2.36. The second-order valence-electron chi connectivity index (χ2n) is 5.78. The van der Waals surface area contributed by atoms with Crippen molar-refractivity contribution in [3.05, 3.63) is 10.5 Å². The summed E-state index contributed by atoms with van der Waals surface area (Å²) < 4.78 is 4.98. The Bertz CT molecular complexity index is 628. The fourth-order valence-electron chi connectivity index (χ4n) is 3.42. The van der Waals surface area contributed by atoms with Crippen molar-refractivity contribution < 1.29 is 0 Å². The lowest BCUT2D eigenvalue weighted by molar-refractivity contribution is 0.458. The minimum Gasteiger partial charge on any atom is -0.328 e. The van der Waals surface area contributed by atoms with E-state index in [9.17, 15) is 0 Å². The number of H-pyrrole nitrogens is 1. The van der Waals surface area contributed by atoms with Gasteiger partial charge in [0, 0.05) is 13.6 Å². The Morgan fingerprint density at radius 2 is 2.11 bits per heavy atom. The highest BCUT2D eigenvalue weighted by Crippen LogP contribution is 2.29. The van der Waals surface area contributed by atoms with Crippen molar-refractivity contribution in [1.82, 2.24) is 19.3 Å². The summed E-state index contributed by atoms with van der Waals surface area (Å²) in [5, 5.41) is 4.46. The molecule has 1 aliphatic carbocycles. The zero-order chi connectivity index (χ0) is 13.4. The van der Waals surface area contributed by atoms with Crippen LogP contribution in [0.5, 0.6) is 0 Å². The van der Waals surface area contributed by atoms with Crippen LogP contribution in [0.1, 0.15) is 44.2 Å². The Morgan fingerprint density at radius 3 is 2.84 bits per heavy atom. The molecule has 0 spiro atoms. The molecule has 2 aromatic heterocycles. The van der Waals surface area contributed by atoms with Gasteiger partial charge in [-0.3, -0.25) is 4.68 Å². The fraction of sp³-hybridized carbons (Fsp3) is 0.714. The summed E-state index contributed by atoms with van der Waals surface area (Å²) in [6, 6.07) is 0. The van der Waals surface area contributed by atoms with Gasteiger partial charge in [0.15, 0.2) is 10.4 Å². The second kappa shape index (κ2) is 5.12. The molecule has 1 N–H and O–H groups in total. The topological polar surface area (TPSA) is 38.5 Å². The minimum atomic E-state index is 0.831. The molecule has 0 unspecified atom stereocenters. The number of rotatable bonds is 4. The van der Waals surface area contributed by atoms with Crippen LogP contribution in [0, 0.1) is 17.6 Å². The van der Waals surface area contributed by atoms with Crippen molar-refractivity contribution >= 4 is 23.4 Å². The summed E-state index contributed by atoms with van der Waals surface area (Å²) in [6.07, 6.45) is 8.28. The average molecular weight is 278 g/mol.